The second-order valence-corrected chi connectivity index (χ2v) is 13.0. The fourth-order valence-corrected chi connectivity index (χ4v) is 5.97. The minimum Gasteiger partial charge on any atom is -0.455 e. The number of hydrogen-bond donors (Lipinski definition) is 1. The number of carbonyl (C=O) groups is 1. The summed E-state index contributed by atoms with van der Waals surface area (Å²) in [5, 5.41) is 10.7. The van der Waals surface area contributed by atoms with E-state index in [-0.39, 0.29) is 12.7 Å². The van der Waals surface area contributed by atoms with E-state index in [1.165, 1.54) is 108 Å². The van der Waals surface area contributed by atoms with Gasteiger partial charge in [-0.2, -0.15) is 11.8 Å². The van der Waals surface area contributed by atoms with Gasteiger partial charge in [0.1, 0.15) is 0 Å². The zero-order valence-corrected chi connectivity index (χ0v) is 27.1. The van der Waals surface area contributed by atoms with Gasteiger partial charge in [0.15, 0.2) is 0 Å². The first kappa shape index (κ1) is 37.8. The monoisotopic (exact) mass is 579 g/mol. The summed E-state index contributed by atoms with van der Waals surface area (Å²) in [6.07, 6.45) is 21.4. The number of esters is 1. The van der Waals surface area contributed by atoms with Crippen LogP contribution in [0.5, 0.6) is 0 Å². The molecule has 0 saturated carbocycles. The van der Waals surface area contributed by atoms with Gasteiger partial charge in [0.05, 0.1) is 18.8 Å². The fourth-order valence-electron chi connectivity index (χ4n) is 4.31. The third-order valence-corrected chi connectivity index (χ3v) is 8.88. The van der Waals surface area contributed by atoms with E-state index in [0.29, 0.717) is 18.3 Å². The molecule has 4 unspecified atom stereocenters. The summed E-state index contributed by atoms with van der Waals surface area (Å²) < 4.78 is 27.7. The Morgan fingerprint density at radius 3 is 1.84 bits per heavy atom. The molecule has 226 valence electrons. The third kappa shape index (κ3) is 20.7. The molecule has 0 saturated heterocycles. The molecular formula is C30H60O6PS+. The molecule has 0 aliphatic rings. The molecule has 6 nitrogen and oxygen atoms in total. The van der Waals surface area contributed by atoms with Crippen molar-refractivity contribution in [3.8, 4) is 0 Å². The van der Waals surface area contributed by atoms with Gasteiger partial charge in [0.25, 0.3) is 0 Å². The molecule has 0 aromatic rings. The summed E-state index contributed by atoms with van der Waals surface area (Å²) >= 11 is 2.05. The van der Waals surface area contributed by atoms with Crippen LogP contribution in [-0.2, 0) is 23.6 Å². The Morgan fingerprint density at radius 1 is 0.789 bits per heavy atom. The highest BCUT2D eigenvalue weighted by Crippen LogP contribution is 2.26. The highest BCUT2D eigenvalue weighted by molar-refractivity contribution is 7.99. The predicted octanol–water partition coefficient (Wildman–Crippen LogP) is 8.80. The molecule has 38 heavy (non-hydrogen) atoms. The maximum atomic E-state index is 12.0. The van der Waals surface area contributed by atoms with Crippen molar-refractivity contribution in [2.24, 2.45) is 0 Å². The summed E-state index contributed by atoms with van der Waals surface area (Å²) in [4.78, 5) is 12.0. The summed E-state index contributed by atoms with van der Waals surface area (Å²) in [6.45, 7) is 10.5. The van der Waals surface area contributed by atoms with Crippen LogP contribution in [0.15, 0.2) is 0 Å². The van der Waals surface area contributed by atoms with Gasteiger partial charge in [-0.05, 0) is 45.8 Å². The molecule has 0 aliphatic heterocycles. The van der Waals surface area contributed by atoms with E-state index in [9.17, 15) is 14.5 Å². The van der Waals surface area contributed by atoms with Gasteiger partial charge in [-0.1, -0.05) is 108 Å². The Hall–Kier alpha value is -0.200. The maximum Gasteiger partial charge on any atom is 0.470 e. The van der Waals surface area contributed by atoms with Crippen molar-refractivity contribution in [1.29, 1.82) is 0 Å². The maximum absolute atomic E-state index is 12.0. The Balaban J connectivity index is 4.31. The van der Waals surface area contributed by atoms with Gasteiger partial charge >= 0.3 is 20.0 Å². The molecule has 0 heterocycles. The highest BCUT2D eigenvalue weighted by atomic mass is 32.2. The SMILES string of the molecule is CCCCCCCCCCCCSC(CCCCCCC)C(C)OCCCOC(O)([PH+]=O)C(=O)OC(C)C. The van der Waals surface area contributed by atoms with Crippen LogP contribution in [0.1, 0.15) is 144 Å². The molecule has 1 N–H and O–H groups in total. The predicted molar refractivity (Wildman–Crippen MR) is 163 cm³/mol. The molecule has 0 aromatic carbocycles. The Kier molecular flexibility index (Phi) is 25.6. The van der Waals surface area contributed by atoms with Gasteiger partial charge in [-0.3, -0.25) is 0 Å². The molecular weight excluding hydrogens is 519 g/mol. The van der Waals surface area contributed by atoms with E-state index >= 15 is 0 Å². The largest absolute Gasteiger partial charge is 0.470 e. The first-order valence-electron chi connectivity index (χ1n) is 15.5. The van der Waals surface area contributed by atoms with E-state index in [1.807, 2.05) is 0 Å². The molecule has 0 amide bonds. The molecule has 0 spiro atoms. The van der Waals surface area contributed by atoms with Gasteiger partial charge in [0.2, 0.25) is 0 Å². The molecule has 4 atom stereocenters. The van der Waals surface area contributed by atoms with Crippen molar-refractivity contribution in [1.82, 2.24) is 0 Å². The van der Waals surface area contributed by atoms with Crippen LogP contribution >= 0.6 is 20.2 Å². The van der Waals surface area contributed by atoms with Gasteiger partial charge < -0.3 is 19.3 Å². The molecule has 0 aliphatic carbocycles. The number of ether oxygens (including phenoxy) is 3. The quantitative estimate of drug-likeness (QED) is 0.0429. The number of thioether (sulfide) groups is 1. The number of unbranched alkanes of at least 4 members (excludes halogenated alkanes) is 13. The first-order chi connectivity index (χ1) is 18.3. The summed E-state index contributed by atoms with van der Waals surface area (Å²) in [5.41, 5.74) is -2.40. The van der Waals surface area contributed by atoms with Crippen LogP contribution in [0.2, 0.25) is 0 Å². The van der Waals surface area contributed by atoms with Crippen LogP contribution in [0.4, 0.5) is 0 Å². The lowest BCUT2D eigenvalue weighted by Gasteiger charge is -2.24. The number of carbonyl (C=O) groups excluding carboxylic acids is 1. The molecule has 0 radical (unpaired) electrons. The highest BCUT2D eigenvalue weighted by Gasteiger charge is 2.49. The Bertz CT molecular complexity index is 565. The zero-order chi connectivity index (χ0) is 28.5. The van der Waals surface area contributed by atoms with Crippen LogP contribution in [0.25, 0.3) is 0 Å². The third-order valence-electron chi connectivity index (χ3n) is 6.68. The lowest BCUT2D eigenvalue weighted by atomic mass is 10.1. The standard InChI is InChI=1S/C30H59O6PS/c1-6-8-10-12-13-14-15-16-18-20-25-38-28(22-19-17-11-9-7-2)27(5)34-23-21-24-35-30(32,37-33)29(31)36-26(3)4/h26-28,32H,6-25H2,1-5H3/p+1. The van der Waals surface area contributed by atoms with E-state index in [2.05, 4.69) is 32.5 Å². The second-order valence-electron chi connectivity index (χ2n) is 10.8. The Morgan fingerprint density at radius 2 is 1.32 bits per heavy atom. The molecule has 0 rings (SSSR count). The normalized spacial score (nSPS) is 15.0. The van der Waals surface area contributed by atoms with E-state index in [4.69, 9.17) is 14.2 Å². The van der Waals surface area contributed by atoms with Crippen LogP contribution in [0.3, 0.4) is 0 Å². The zero-order valence-electron chi connectivity index (χ0n) is 25.3. The average Bonchev–Trinajstić information content (AvgIpc) is 2.89. The Labute approximate surface area is 240 Å². The topological polar surface area (TPSA) is 82.1 Å². The van der Waals surface area contributed by atoms with Gasteiger partial charge in [-0.25, -0.2) is 4.79 Å². The minimum absolute atomic E-state index is 0.0685. The number of rotatable bonds is 28. The summed E-state index contributed by atoms with van der Waals surface area (Å²) in [7, 11) is -1.35. The van der Waals surface area contributed by atoms with E-state index in [1.54, 1.807) is 13.8 Å². The summed E-state index contributed by atoms with van der Waals surface area (Å²) in [6, 6.07) is 0. The van der Waals surface area contributed by atoms with E-state index < -0.39 is 26.1 Å². The molecule has 0 aromatic heterocycles. The fraction of sp³-hybridized carbons (Fsp3) is 0.967. The molecule has 8 heteroatoms. The average molecular weight is 580 g/mol. The molecule has 0 fully saturated rings. The van der Waals surface area contributed by atoms with Gasteiger partial charge in [0, 0.05) is 11.9 Å². The van der Waals surface area contributed by atoms with Crippen molar-refractivity contribution in [3.05, 3.63) is 0 Å². The smallest absolute Gasteiger partial charge is 0.455 e. The first-order valence-corrected chi connectivity index (χ1v) is 17.5. The lowest BCUT2D eigenvalue weighted by molar-refractivity contribution is -0.199. The minimum atomic E-state index is -2.40. The van der Waals surface area contributed by atoms with Crippen molar-refractivity contribution < 1.29 is 28.7 Å². The van der Waals surface area contributed by atoms with Crippen molar-refractivity contribution >= 4 is 26.2 Å². The van der Waals surface area contributed by atoms with Crippen LogP contribution in [0, 0.1) is 0 Å². The summed E-state index contributed by atoms with van der Waals surface area (Å²) in [5.74, 6) is 0.171. The van der Waals surface area contributed by atoms with Gasteiger partial charge in [-0.15, -0.1) is 0 Å². The van der Waals surface area contributed by atoms with Crippen molar-refractivity contribution in [2.45, 2.75) is 167 Å². The van der Waals surface area contributed by atoms with Crippen LogP contribution < -0.4 is 0 Å². The van der Waals surface area contributed by atoms with Crippen molar-refractivity contribution in [2.75, 3.05) is 19.0 Å². The van der Waals surface area contributed by atoms with Crippen molar-refractivity contribution in [3.63, 3.8) is 0 Å². The number of hydrogen-bond acceptors (Lipinski definition) is 7. The number of aliphatic hydroxyl groups is 1. The molecule has 0 bridgehead atoms. The lowest BCUT2D eigenvalue weighted by Crippen LogP contribution is -2.39. The second kappa shape index (κ2) is 25.7. The van der Waals surface area contributed by atoms with E-state index in [0.717, 1.165) is 0 Å². The van der Waals surface area contributed by atoms with Crippen LogP contribution in [-0.4, -0.2) is 53.0 Å².